The van der Waals surface area contributed by atoms with Crippen molar-refractivity contribution in [3.8, 4) is 0 Å². The Labute approximate surface area is 197 Å². The summed E-state index contributed by atoms with van der Waals surface area (Å²) in [5, 5.41) is 7.00. The van der Waals surface area contributed by atoms with Crippen LogP contribution in [-0.2, 0) is 0 Å². The number of amides is 1. The van der Waals surface area contributed by atoms with E-state index in [2.05, 4.69) is 53.5 Å². The summed E-state index contributed by atoms with van der Waals surface area (Å²) in [4.78, 5) is 15.5. The first-order chi connectivity index (χ1) is 15.9. The number of nitrogens with one attached hydrogen (secondary N) is 1. The minimum atomic E-state index is -0.217. The summed E-state index contributed by atoms with van der Waals surface area (Å²) in [5.41, 5.74) is 5.49. The minimum Gasteiger partial charge on any atom is -0.361 e. The number of benzene rings is 1. The average molecular weight is 448 g/mol. The third-order valence-corrected chi connectivity index (χ3v) is 7.74. The van der Waals surface area contributed by atoms with Crippen LogP contribution in [0.4, 0.5) is 5.69 Å². The number of carbonyl (C=O) groups excluding carboxylic acids is 1. The fourth-order valence-electron chi connectivity index (χ4n) is 5.29. The number of aryl methyl sites for hydroxylation is 1. The fourth-order valence-corrected chi connectivity index (χ4v) is 5.29. The number of aromatic nitrogens is 1. The van der Waals surface area contributed by atoms with Crippen LogP contribution < -0.4 is 5.32 Å². The van der Waals surface area contributed by atoms with Gasteiger partial charge in [-0.05, 0) is 105 Å². The third kappa shape index (κ3) is 5.40. The molecule has 1 saturated heterocycles. The van der Waals surface area contributed by atoms with Gasteiger partial charge in [0.1, 0.15) is 5.76 Å². The van der Waals surface area contributed by atoms with E-state index in [-0.39, 0.29) is 5.91 Å². The number of nitrogens with zero attached hydrogens (tertiary/aromatic N) is 2. The lowest BCUT2D eigenvalue weighted by Gasteiger charge is -2.33. The van der Waals surface area contributed by atoms with Gasteiger partial charge in [-0.3, -0.25) is 4.79 Å². The summed E-state index contributed by atoms with van der Waals surface area (Å²) < 4.78 is 5.10. The Morgan fingerprint density at radius 2 is 1.97 bits per heavy atom. The van der Waals surface area contributed by atoms with Crippen LogP contribution in [-0.4, -0.2) is 35.6 Å². The Morgan fingerprint density at radius 1 is 1.18 bits per heavy atom. The molecule has 3 aliphatic rings. The number of hydrogen-bond donors (Lipinski definition) is 1. The van der Waals surface area contributed by atoms with Crippen molar-refractivity contribution in [3.63, 3.8) is 0 Å². The maximum atomic E-state index is 12.8. The van der Waals surface area contributed by atoms with Crippen molar-refractivity contribution in [2.24, 2.45) is 11.3 Å². The van der Waals surface area contributed by atoms with Crippen LogP contribution in [0.25, 0.3) is 5.57 Å². The van der Waals surface area contributed by atoms with Crippen LogP contribution in [0.3, 0.4) is 0 Å². The average Bonchev–Trinajstić information content (AvgIpc) is 3.51. The highest BCUT2D eigenvalue weighted by atomic mass is 16.5. The molecule has 1 aliphatic heterocycles. The monoisotopic (exact) mass is 447 g/mol. The number of allylic oxidation sites excluding steroid dienone is 2. The molecule has 5 nitrogen and oxygen atoms in total. The molecule has 1 N–H and O–H groups in total. The second-order valence-electron chi connectivity index (χ2n) is 11.2. The summed E-state index contributed by atoms with van der Waals surface area (Å²) in [6.45, 7) is 10.2. The van der Waals surface area contributed by atoms with E-state index in [0.717, 1.165) is 24.4 Å². The summed E-state index contributed by atoms with van der Waals surface area (Å²) in [5.74, 6) is 1.99. The fraction of sp³-hybridized carbons (Fsp3) is 0.571. The van der Waals surface area contributed by atoms with Crippen molar-refractivity contribution in [2.45, 2.75) is 71.6 Å². The van der Waals surface area contributed by atoms with Crippen LogP contribution in [0.15, 0.2) is 34.9 Å². The lowest BCUT2D eigenvalue weighted by Crippen LogP contribution is -2.34. The number of anilines is 1. The summed E-state index contributed by atoms with van der Waals surface area (Å²) in [7, 11) is 0. The van der Waals surface area contributed by atoms with Crippen molar-refractivity contribution in [1.82, 2.24) is 10.1 Å². The molecule has 0 atom stereocenters. The SMILES string of the molecule is Cc1cc(C(=O)Nc2ccc(C3CCN(CC4CC4)CC3)cc2C2=CCC(C)(C)CC2)no1. The Morgan fingerprint density at radius 3 is 2.61 bits per heavy atom. The van der Waals surface area contributed by atoms with E-state index < -0.39 is 0 Å². The number of carbonyl (C=O) groups is 1. The van der Waals surface area contributed by atoms with Gasteiger partial charge in [0.15, 0.2) is 5.69 Å². The van der Waals surface area contributed by atoms with E-state index in [4.69, 9.17) is 4.52 Å². The normalized spacial score (nSPS) is 21.6. The molecule has 2 fully saturated rings. The highest BCUT2D eigenvalue weighted by molar-refractivity contribution is 6.04. The maximum absolute atomic E-state index is 12.8. The molecule has 0 spiro atoms. The molecular weight excluding hydrogens is 410 g/mol. The second-order valence-corrected chi connectivity index (χ2v) is 11.2. The van der Waals surface area contributed by atoms with Gasteiger partial charge >= 0.3 is 0 Å². The largest absolute Gasteiger partial charge is 0.361 e. The molecule has 0 unspecified atom stereocenters. The molecule has 2 aliphatic carbocycles. The van der Waals surface area contributed by atoms with Crippen molar-refractivity contribution in [1.29, 1.82) is 0 Å². The van der Waals surface area contributed by atoms with E-state index in [1.807, 2.05) is 0 Å². The molecule has 5 heteroatoms. The topological polar surface area (TPSA) is 58.4 Å². The zero-order chi connectivity index (χ0) is 23.0. The van der Waals surface area contributed by atoms with Gasteiger partial charge in [-0.1, -0.05) is 31.1 Å². The van der Waals surface area contributed by atoms with Gasteiger partial charge < -0.3 is 14.7 Å². The predicted molar refractivity (Wildman–Crippen MR) is 132 cm³/mol. The van der Waals surface area contributed by atoms with Gasteiger partial charge in [0.2, 0.25) is 0 Å². The smallest absolute Gasteiger partial charge is 0.277 e. The Hall–Kier alpha value is -2.40. The van der Waals surface area contributed by atoms with E-state index in [1.165, 1.54) is 68.4 Å². The van der Waals surface area contributed by atoms with E-state index in [9.17, 15) is 4.79 Å². The molecule has 0 radical (unpaired) electrons. The van der Waals surface area contributed by atoms with Crippen molar-refractivity contribution in [2.75, 3.05) is 25.0 Å². The van der Waals surface area contributed by atoms with Crippen molar-refractivity contribution < 1.29 is 9.32 Å². The lowest BCUT2D eigenvalue weighted by atomic mass is 9.76. The van der Waals surface area contributed by atoms with Gasteiger partial charge in [-0.15, -0.1) is 0 Å². The summed E-state index contributed by atoms with van der Waals surface area (Å²) >= 11 is 0. The molecule has 1 amide bonds. The van der Waals surface area contributed by atoms with Gasteiger partial charge in [0.25, 0.3) is 5.91 Å². The Balaban J connectivity index is 1.37. The molecule has 0 bridgehead atoms. The van der Waals surface area contributed by atoms with Crippen LogP contribution in [0.5, 0.6) is 0 Å². The molecule has 33 heavy (non-hydrogen) atoms. The Bertz CT molecular complexity index is 1040. The number of hydrogen-bond acceptors (Lipinski definition) is 4. The van der Waals surface area contributed by atoms with Crippen LogP contribution in [0.1, 0.15) is 92.1 Å². The van der Waals surface area contributed by atoms with Gasteiger partial charge in [0.05, 0.1) is 0 Å². The molecule has 176 valence electrons. The molecule has 1 aromatic heterocycles. The minimum absolute atomic E-state index is 0.217. The van der Waals surface area contributed by atoms with E-state index >= 15 is 0 Å². The Kier molecular flexibility index (Phi) is 6.17. The lowest BCUT2D eigenvalue weighted by molar-refractivity contribution is 0.101. The molecule has 2 aromatic rings. The van der Waals surface area contributed by atoms with Crippen LogP contribution in [0.2, 0.25) is 0 Å². The van der Waals surface area contributed by atoms with Crippen LogP contribution in [0, 0.1) is 18.3 Å². The molecule has 5 rings (SSSR count). The van der Waals surface area contributed by atoms with Crippen molar-refractivity contribution >= 4 is 17.2 Å². The highest BCUT2D eigenvalue weighted by Crippen LogP contribution is 2.41. The maximum Gasteiger partial charge on any atom is 0.277 e. The zero-order valence-electron chi connectivity index (χ0n) is 20.3. The molecule has 1 aromatic carbocycles. The predicted octanol–water partition coefficient (Wildman–Crippen LogP) is 6.42. The van der Waals surface area contributed by atoms with Crippen molar-refractivity contribution in [3.05, 3.63) is 52.9 Å². The zero-order valence-corrected chi connectivity index (χ0v) is 20.3. The molecule has 2 heterocycles. The quantitative estimate of drug-likeness (QED) is 0.555. The first-order valence-electron chi connectivity index (χ1n) is 12.7. The number of likely N-dealkylation sites (tertiary alicyclic amines) is 1. The first kappa shape index (κ1) is 22.4. The summed E-state index contributed by atoms with van der Waals surface area (Å²) in [6, 6.07) is 8.37. The second kappa shape index (κ2) is 9.09. The first-order valence-corrected chi connectivity index (χ1v) is 12.7. The number of piperidine rings is 1. The van der Waals surface area contributed by atoms with Gasteiger partial charge in [0, 0.05) is 23.9 Å². The standard InChI is InChI=1S/C28H37N3O2/c1-19-16-26(30-33-19)27(32)29-25-7-6-23(17-24(25)22-8-12-28(2,3)13-9-22)21-10-14-31(15-11-21)18-20-4-5-20/h6-8,16-17,20-21H,4-5,9-15,18H2,1-3H3,(H,29,32). The van der Waals surface area contributed by atoms with Gasteiger partial charge in [-0.25, -0.2) is 0 Å². The molecule has 1 saturated carbocycles. The highest BCUT2D eigenvalue weighted by Gasteiger charge is 2.29. The summed E-state index contributed by atoms with van der Waals surface area (Å²) in [6.07, 6.45) is 11.0. The third-order valence-electron chi connectivity index (χ3n) is 7.74. The number of rotatable bonds is 6. The van der Waals surface area contributed by atoms with E-state index in [1.54, 1.807) is 13.0 Å². The van der Waals surface area contributed by atoms with Crippen LogP contribution >= 0.6 is 0 Å². The van der Waals surface area contributed by atoms with E-state index in [0.29, 0.717) is 22.8 Å². The van der Waals surface area contributed by atoms with Gasteiger partial charge in [-0.2, -0.15) is 0 Å². The molecular formula is C28H37N3O2.